The monoisotopic (exact) mass is 276 g/mol. The number of carbonyl (C=O) groups excluding carboxylic acids is 1. The van der Waals surface area contributed by atoms with Gasteiger partial charge in [-0.25, -0.2) is 0 Å². The molecule has 78 valence electrons. The zero-order valence-corrected chi connectivity index (χ0v) is 10.9. The second-order valence-electron chi connectivity index (χ2n) is 3.97. The van der Waals surface area contributed by atoms with Crippen LogP contribution in [0.1, 0.15) is 25.6 Å². The Balaban J connectivity index is 2.50. The van der Waals surface area contributed by atoms with Crippen molar-refractivity contribution in [2.75, 3.05) is 0 Å². The van der Waals surface area contributed by atoms with Crippen LogP contribution < -0.4 is 0 Å². The zero-order valence-electron chi connectivity index (χ0n) is 8.46. The third-order valence-electron chi connectivity index (χ3n) is 1.37. The van der Waals surface area contributed by atoms with Crippen LogP contribution in [0.4, 0.5) is 0 Å². The molecule has 0 aliphatic rings. The van der Waals surface area contributed by atoms with E-state index in [9.17, 15) is 4.79 Å². The van der Waals surface area contributed by atoms with Gasteiger partial charge >= 0.3 is 5.97 Å². The summed E-state index contributed by atoms with van der Waals surface area (Å²) in [6, 6.07) is 3.86. The maximum Gasteiger partial charge on any atom is 0.311 e. The highest BCUT2D eigenvalue weighted by atomic mass is 79.9. The molecule has 0 aliphatic heterocycles. The highest BCUT2D eigenvalue weighted by Gasteiger charge is 2.16. The van der Waals surface area contributed by atoms with Crippen LogP contribution in [-0.4, -0.2) is 11.6 Å². The number of carbonyl (C=O) groups is 1. The van der Waals surface area contributed by atoms with Gasteiger partial charge in [-0.1, -0.05) is 0 Å². The quantitative estimate of drug-likeness (QED) is 0.774. The lowest BCUT2D eigenvalue weighted by molar-refractivity contribution is -0.153. The first kappa shape index (κ1) is 11.7. The molecular weight excluding hydrogens is 264 g/mol. The molecule has 0 unspecified atom stereocenters. The standard InChI is InChI=1S/C10H13BrO2S/c1-10(2,3)13-9(12)6-7-4-5-8(11)14-7/h4-5H,6H2,1-3H3. The molecule has 1 aromatic rings. The predicted octanol–water partition coefficient (Wildman–Crippen LogP) is 3.39. The van der Waals surface area contributed by atoms with E-state index in [0.717, 1.165) is 8.66 Å². The van der Waals surface area contributed by atoms with Gasteiger partial charge in [0.15, 0.2) is 0 Å². The van der Waals surface area contributed by atoms with Crippen LogP contribution in [0.5, 0.6) is 0 Å². The van der Waals surface area contributed by atoms with Crippen molar-refractivity contribution >= 4 is 33.2 Å². The highest BCUT2D eigenvalue weighted by Crippen LogP contribution is 2.23. The van der Waals surface area contributed by atoms with E-state index >= 15 is 0 Å². The van der Waals surface area contributed by atoms with Crippen LogP contribution in [0, 0.1) is 0 Å². The molecule has 1 heterocycles. The van der Waals surface area contributed by atoms with Gasteiger partial charge in [0.1, 0.15) is 5.60 Å². The van der Waals surface area contributed by atoms with Gasteiger partial charge in [0.05, 0.1) is 10.2 Å². The third kappa shape index (κ3) is 4.24. The summed E-state index contributed by atoms with van der Waals surface area (Å²) < 4.78 is 6.24. The van der Waals surface area contributed by atoms with Gasteiger partial charge in [-0.15, -0.1) is 11.3 Å². The molecule has 0 N–H and O–H groups in total. The summed E-state index contributed by atoms with van der Waals surface area (Å²) in [4.78, 5) is 12.4. The van der Waals surface area contributed by atoms with Gasteiger partial charge in [-0.3, -0.25) is 4.79 Å². The number of ether oxygens (including phenoxy) is 1. The third-order valence-corrected chi connectivity index (χ3v) is 2.99. The molecule has 4 heteroatoms. The van der Waals surface area contributed by atoms with Crippen molar-refractivity contribution in [3.63, 3.8) is 0 Å². The largest absolute Gasteiger partial charge is 0.460 e. The molecular formula is C10H13BrO2S. The van der Waals surface area contributed by atoms with Crippen molar-refractivity contribution in [3.05, 3.63) is 20.8 Å². The Bertz CT molecular complexity index is 325. The van der Waals surface area contributed by atoms with Crippen molar-refractivity contribution in [2.45, 2.75) is 32.8 Å². The summed E-state index contributed by atoms with van der Waals surface area (Å²) in [5, 5.41) is 0. The second-order valence-corrected chi connectivity index (χ2v) is 6.52. The summed E-state index contributed by atoms with van der Waals surface area (Å²) in [6.07, 6.45) is 0.355. The Hall–Kier alpha value is -0.350. The van der Waals surface area contributed by atoms with E-state index in [0.29, 0.717) is 6.42 Å². The fourth-order valence-electron chi connectivity index (χ4n) is 0.967. The van der Waals surface area contributed by atoms with Gasteiger partial charge in [-0.05, 0) is 48.8 Å². The molecule has 0 bridgehead atoms. The molecule has 0 amide bonds. The van der Waals surface area contributed by atoms with E-state index in [4.69, 9.17) is 4.74 Å². The molecule has 0 aliphatic carbocycles. The number of hydrogen-bond acceptors (Lipinski definition) is 3. The molecule has 1 aromatic heterocycles. The molecule has 2 nitrogen and oxygen atoms in total. The van der Waals surface area contributed by atoms with Crippen LogP contribution in [0.25, 0.3) is 0 Å². The van der Waals surface area contributed by atoms with E-state index in [1.165, 1.54) is 0 Å². The summed E-state index contributed by atoms with van der Waals surface area (Å²) in [7, 11) is 0. The number of halogens is 1. The topological polar surface area (TPSA) is 26.3 Å². The minimum atomic E-state index is -0.397. The SMILES string of the molecule is CC(C)(C)OC(=O)Cc1ccc(Br)s1. The summed E-state index contributed by atoms with van der Waals surface area (Å²) in [5.74, 6) is -0.174. The molecule has 0 radical (unpaired) electrons. The van der Waals surface area contributed by atoms with Crippen molar-refractivity contribution in [3.8, 4) is 0 Å². The Kier molecular flexibility index (Phi) is 3.72. The summed E-state index contributed by atoms with van der Waals surface area (Å²) in [6.45, 7) is 5.61. The first-order valence-corrected chi connectivity index (χ1v) is 5.94. The molecule has 0 atom stereocenters. The average molecular weight is 277 g/mol. The van der Waals surface area contributed by atoms with Gasteiger partial charge in [0.2, 0.25) is 0 Å². The number of esters is 1. The van der Waals surface area contributed by atoms with Crippen LogP contribution in [0.15, 0.2) is 15.9 Å². The van der Waals surface area contributed by atoms with Crippen molar-refractivity contribution in [2.24, 2.45) is 0 Å². The molecule has 0 spiro atoms. The van der Waals surface area contributed by atoms with Crippen LogP contribution >= 0.6 is 27.3 Å². The summed E-state index contributed by atoms with van der Waals surface area (Å²) >= 11 is 4.91. The average Bonchev–Trinajstić information content (AvgIpc) is 2.30. The van der Waals surface area contributed by atoms with E-state index in [1.54, 1.807) is 11.3 Å². The van der Waals surface area contributed by atoms with E-state index in [2.05, 4.69) is 15.9 Å². The van der Waals surface area contributed by atoms with Crippen LogP contribution in [-0.2, 0) is 16.0 Å². The molecule has 0 fully saturated rings. The first-order valence-electron chi connectivity index (χ1n) is 4.33. The fourth-order valence-corrected chi connectivity index (χ4v) is 2.44. The van der Waals surface area contributed by atoms with E-state index in [1.807, 2.05) is 32.9 Å². The van der Waals surface area contributed by atoms with Gasteiger partial charge < -0.3 is 4.74 Å². The lowest BCUT2D eigenvalue weighted by Crippen LogP contribution is -2.24. The molecule has 14 heavy (non-hydrogen) atoms. The maximum atomic E-state index is 11.4. The molecule has 0 aromatic carbocycles. The van der Waals surface area contributed by atoms with Crippen molar-refractivity contribution in [1.29, 1.82) is 0 Å². The summed E-state index contributed by atoms with van der Waals surface area (Å²) in [5.41, 5.74) is -0.397. The molecule has 0 saturated heterocycles. The van der Waals surface area contributed by atoms with E-state index < -0.39 is 5.60 Å². The molecule has 1 rings (SSSR count). The minimum Gasteiger partial charge on any atom is -0.460 e. The van der Waals surface area contributed by atoms with E-state index in [-0.39, 0.29) is 5.97 Å². The van der Waals surface area contributed by atoms with Gasteiger partial charge in [0, 0.05) is 4.88 Å². The predicted molar refractivity (Wildman–Crippen MR) is 61.6 cm³/mol. The van der Waals surface area contributed by atoms with Gasteiger partial charge in [0.25, 0.3) is 0 Å². The zero-order chi connectivity index (χ0) is 10.8. The van der Waals surface area contributed by atoms with Crippen molar-refractivity contribution in [1.82, 2.24) is 0 Å². The fraction of sp³-hybridized carbons (Fsp3) is 0.500. The smallest absolute Gasteiger partial charge is 0.311 e. The van der Waals surface area contributed by atoms with Crippen molar-refractivity contribution < 1.29 is 9.53 Å². The Morgan fingerprint density at radius 3 is 2.57 bits per heavy atom. The first-order chi connectivity index (χ1) is 6.37. The lowest BCUT2D eigenvalue weighted by atomic mass is 10.2. The van der Waals surface area contributed by atoms with Gasteiger partial charge in [-0.2, -0.15) is 0 Å². The normalized spacial score (nSPS) is 11.4. The number of rotatable bonds is 2. The number of thiophene rings is 1. The number of hydrogen-bond donors (Lipinski definition) is 0. The second kappa shape index (κ2) is 4.45. The lowest BCUT2D eigenvalue weighted by Gasteiger charge is -2.19. The Morgan fingerprint density at radius 1 is 1.50 bits per heavy atom. The highest BCUT2D eigenvalue weighted by molar-refractivity contribution is 9.11. The minimum absolute atomic E-state index is 0.174. The maximum absolute atomic E-state index is 11.4. The van der Waals surface area contributed by atoms with Crippen LogP contribution in [0.2, 0.25) is 0 Å². The Morgan fingerprint density at radius 2 is 2.14 bits per heavy atom. The molecule has 0 saturated carbocycles. The Labute approximate surface area is 96.4 Å². The van der Waals surface area contributed by atoms with Crippen LogP contribution in [0.3, 0.4) is 0 Å².